The third-order valence-electron chi connectivity index (χ3n) is 5.12. The molecule has 2 heterocycles. The molecule has 0 bridgehead atoms. The van der Waals surface area contributed by atoms with Gasteiger partial charge in [-0.15, -0.1) is 0 Å². The minimum Gasteiger partial charge on any atom is -0.355 e. The molecule has 2 atom stereocenters. The largest absolute Gasteiger partial charge is 0.355 e. The summed E-state index contributed by atoms with van der Waals surface area (Å²) < 4.78 is 6.15. The number of nitrogens with zero attached hydrogens (tertiary/aromatic N) is 1. The van der Waals surface area contributed by atoms with Crippen molar-refractivity contribution in [2.24, 2.45) is 11.3 Å². The summed E-state index contributed by atoms with van der Waals surface area (Å²) in [6.45, 7) is 6.38. The van der Waals surface area contributed by atoms with Crippen LogP contribution in [0.15, 0.2) is 0 Å². The van der Waals surface area contributed by atoms with E-state index in [1.54, 1.807) is 6.92 Å². The fraction of sp³-hybridized carbons (Fsp3) is 0.867. The Balaban J connectivity index is 1.94. The summed E-state index contributed by atoms with van der Waals surface area (Å²) >= 11 is 0. The number of rotatable bonds is 1. The van der Waals surface area contributed by atoms with Crippen molar-refractivity contribution in [3.05, 3.63) is 0 Å². The second-order valence-electron chi connectivity index (χ2n) is 7.03. The number of ether oxygens (including phenoxy) is 1. The summed E-state index contributed by atoms with van der Waals surface area (Å²) in [7, 11) is 0. The number of carbonyl (C=O) groups is 2. The lowest BCUT2D eigenvalue weighted by molar-refractivity contribution is -0.284. The molecule has 4 heteroatoms. The van der Waals surface area contributed by atoms with Crippen LogP contribution in [0.1, 0.15) is 52.9 Å². The van der Waals surface area contributed by atoms with E-state index < -0.39 is 11.6 Å². The molecule has 0 aromatic carbocycles. The maximum Gasteiger partial charge on any atom is 0.237 e. The fourth-order valence-electron chi connectivity index (χ4n) is 4.10. The van der Waals surface area contributed by atoms with Crippen molar-refractivity contribution in [2.45, 2.75) is 64.6 Å². The standard InChI is InChI=1S/C15H23NO3/c1-10(17)11-12-14(2,3)9-19-15(16(12)13(11)18)7-5-4-6-8-15/h11-12H,4-9H2,1-3H3. The molecule has 19 heavy (non-hydrogen) atoms. The Kier molecular flexibility index (Phi) is 2.79. The Hall–Kier alpha value is -0.900. The number of hydrogen-bond acceptors (Lipinski definition) is 3. The Labute approximate surface area is 114 Å². The van der Waals surface area contributed by atoms with E-state index in [0.717, 1.165) is 25.7 Å². The van der Waals surface area contributed by atoms with Gasteiger partial charge >= 0.3 is 0 Å². The van der Waals surface area contributed by atoms with Crippen LogP contribution in [0.2, 0.25) is 0 Å². The van der Waals surface area contributed by atoms with Crippen LogP contribution in [-0.4, -0.2) is 35.0 Å². The van der Waals surface area contributed by atoms with E-state index in [4.69, 9.17) is 4.74 Å². The maximum absolute atomic E-state index is 12.4. The topological polar surface area (TPSA) is 46.6 Å². The number of ketones is 1. The average Bonchev–Trinajstić information content (AvgIpc) is 2.33. The van der Waals surface area contributed by atoms with Gasteiger partial charge < -0.3 is 9.64 Å². The molecule has 3 aliphatic rings. The minimum atomic E-state index is -0.433. The predicted molar refractivity (Wildman–Crippen MR) is 70.4 cm³/mol. The highest BCUT2D eigenvalue weighted by Gasteiger charge is 2.65. The number of hydrogen-bond donors (Lipinski definition) is 0. The molecule has 1 amide bonds. The van der Waals surface area contributed by atoms with Crippen LogP contribution < -0.4 is 0 Å². The van der Waals surface area contributed by atoms with Crippen LogP contribution in [0.3, 0.4) is 0 Å². The zero-order valence-corrected chi connectivity index (χ0v) is 12.1. The molecule has 0 aromatic heterocycles. The van der Waals surface area contributed by atoms with E-state index in [2.05, 4.69) is 13.8 Å². The normalized spacial score (nSPS) is 35.7. The van der Waals surface area contributed by atoms with Gasteiger partial charge in [0.05, 0.1) is 12.6 Å². The molecular formula is C15H23NO3. The summed E-state index contributed by atoms with van der Waals surface area (Å²) in [4.78, 5) is 26.1. The van der Waals surface area contributed by atoms with E-state index in [0.29, 0.717) is 6.61 Å². The molecule has 1 spiro atoms. The van der Waals surface area contributed by atoms with Gasteiger partial charge in [0.1, 0.15) is 17.4 Å². The maximum atomic E-state index is 12.4. The van der Waals surface area contributed by atoms with Gasteiger partial charge in [0.25, 0.3) is 0 Å². The van der Waals surface area contributed by atoms with Crippen molar-refractivity contribution < 1.29 is 14.3 Å². The molecule has 3 rings (SSSR count). The Morgan fingerprint density at radius 1 is 1.26 bits per heavy atom. The first-order valence-electron chi connectivity index (χ1n) is 7.37. The number of fused-ring (bicyclic) bond motifs is 2. The summed E-state index contributed by atoms with van der Waals surface area (Å²) in [6.07, 6.45) is 5.30. The lowest BCUT2D eigenvalue weighted by atomic mass is 9.65. The van der Waals surface area contributed by atoms with Crippen LogP contribution >= 0.6 is 0 Å². The van der Waals surface area contributed by atoms with Crippen LogP contribution in [0, 0.1) is 11.3 Å². The van der Waals surface area contributed by atoms with Gasteiger partial charge in [-0.3, -0.25) is 9.59 Å². The Morgan fingerprint density at radius 2 is 1.89 bits per heavy atom. The first-order valence-corrected chi connectivity index (χ1v) is 7.37. The van der Waals surface area contributed by atoms with E-state index in [-0.39, 0.29) is 23.1 Å². The van der Waals surface area contributed by atoms with Crippen LogP contribution in [0.5, 0.6) is 0 Å². The second kappa shape index (κ2) is 4.05. The fourth-order valence-corrected chi connectivity index (χ4v) is 4.10. The van der Waals surface area contributed by atoms with Crippen LogP contribution in [0.25, 0.3) is 0 Å². The van der Waals surface area contributed by atoms with Crippen molar-refractivity contribution in [3.63, 3.8) is 0 Å². The SMILES string of the molecule is CC(=O)C1C(=O)N2C1C(C)(C)COC21CCCCC1. The highest BCUT2D eigenvalue weighted by atomic mass is 16.5. The third kappa shape index (κ3) is 1.69. The smallest absolute Gasteiger partial charge is 0.237 e. The molecule has 2 unspecified atom stereocenters. The highest BCUT2D eigenvalue weighted by molar-refractivity contribution is 6.06. The molecule has 2 saturated heterocycles. The first-order chi connectivity index (χ1) is 8.89. The number of amides is 1. The zero-order chi connectivity index (χ0) is 13.8. The third-order valence-corrected chi connectivity index (χ3v) is 5.12. The lowest BCUT2D eigenvalue weighted by Gasteiger charge is -2.65. The van der Waals surface area contributed by atoms with E-state index in [1.807, 2.05) is 4.90 Å². The zero-order valence-electron chi connectivity index (χ0n) is 12.1. The van der Waals surface area contributed by atoms with Gasteiger partial charge in [-0.25, -0.2) is 0 Å². The monoisotopic (exact) mass is 265 g/mol. The Morgan fingerprint density at radius 3 is 2.47 bits per heavy atom. The predicted octanol–water partition coefficient (Wildman–Crippen LogP) is 2.12. The van der Waals surface area contributed by atoms with Gasteiger partial charge in [-0.1, -0.05) is 20.3 Å². The van der Waals surface area contributed by atoms with Gasteiger partial charge in [0, 0.05) is 5.41 Å². The molecule has 0 N–H and O–H groups in total. The van der Waals surface area contributed by atoms with Gasteiger partial charge in [0.2, 0.25) is 5.91 Å². The number of Topliss-reactive ketones (excluding diaryl/α,β-unsaturated/α-hetero) is 1. The molecule has 0 radical (unpaired) electrons. The van der Waals surface area contributed by atoms with Crippen LogP contribution in [-0.2, 0) is 14.3 Å². The number of carbonyl (C=O) groups excluding carboxylic acids is 2. The van der Waals surface area contributed by atoms with Crippen molar-refractivity contribution in [1.29, 1.82) is 0 Å². The molecule has 1 saturated carbocycles. The van der Waals surface area contributed by atoms with E-state index in [9.17, 15) is 9.59 Å². The Bertz CT molecular complexity index is 423. The number of β-lactam (4-membered cyclic amide) rings is 1. The van der Waals surface area contributed by atoms with E-state index >= 15 is 0 Å². The van der Waals surface area contributed by atoms with Gasteiger partial charge in [0.15, 0.2) is 0 Å². The summed E-state index contributed by atoms with van der Waals surface area (Å²) in [5.74, 6) is -0.433. The molecular weight excluding hydrogens is 242 g/mol. The van der Waals surface area contributed by atoms with Gasteiger partial charge in [-0.05, 0) is 32.6 Å². The van der Waals surface area contributed by atoms with Crippen LogP contribution in [0.4, 0.5) is 0 Å². The average molecular weight is 265 g/mol. The van der Waals surface area contributed by atoms with E-state index in [1.165, 1.54) is 6.42 Å². The molecule has 0 aromatic rings. The first kappa shape index (κ1) is 13.1. The summed E-state index contributed by atoms with van der Waals surface area (Å²) in [6, 6.07) is 0.0318. The molecule has 2 aliphatic heterocycles. The molecule has 4 nitrogen and oxygen atoms in total. The molecule has 3 fully saturated rings. The minimum absolute atomic E-state index is 0.00665. The summed E-state index contributed by atoms with van der Waals surface area (Å²) in [5.41, 5.74) is -0.533. The van der Waals surface area contributed by atoms with Crippen molar-refractivity contribution in [1.82, 2.24) is 4.90 Å². The van der Waals surface area contributed by atoms with Crippen molar-refractivity contribution in [2.75, 3.05) is 6.61 Å². The van der Waals surface area contributed by atoms with Gasteiger partial charge in [-0.2, -0.15) is 0 Å². The quantitative estimate of drug-likeness (QED) is 0.539. The van der Waals surface area contributed by atoms with Crippen molar-refractivity contribution >= 4 is 11.7 Å². The highest BCUT2D eigenvalue weighted by Crippen LogP contribution is 2.52. The second-order valence-corrected chi connectivity index (χ2v) is 7.03. The molecule has 106 valence electrons. The summed E-state index contributed by atoms with van der Waals surface area (Å²) in [5, 5.41) is 0. The molecule has 1 aliphatic carbocycles. The van der Waals surface area contributed by atoms with Crippen molar-refractivity contribution in [3.8, 4) is 0 Å². The lowest BCUT2D eigenvalue weighted by Crippen LogP contribution is -2.79.